The van der Waals surface area contributed by atoms with Gasteiger partial charge in [-0.15, -0.1) is 0 Å². The number of rotatable bonds is 1. The van der Waals surface area contributed by atoms with E-state index >= 15 is 0 Å². The summed E-state index contributed by atoms with van der Waals surface area (Å²) in [5.74, 6) is 0. The minimum Gasteiger partial charge on any atom is -0.870 e. The molecule has 2 rings (SSSR count). The fourth-order valence-electron chi connectivity index (χ4n) is 2.08. The van der Waals surface area contributed by atoms with E-state index in [0.717, 1.165) is 25.9 Å². The third-order valence-electron chi connectivity index (χ3n) is 3.00. The molecule has 1 fully saturated rings. The Kier molecular flexibility index (Phi) is 6.89. The summed E-state index contributed by atoms with van der Waals surface area (Å²) in [7, 11) is 0. The molecule has 1 heterocycles. The molecular formula is C12H15N2NaO. The molecule has 80 valence electrons. The van der Waals surface area contributed by atoms with E-state index in [1.54, 1.807) is 0 Å². The van der Waals surface area contributed by atoms with Gasteiger partial charge in [-0.1, -0.05) is 30.3 Å². The van der Waals surface area contributed by atoms with E-state index in [2.05, 4.69) is 23.5 Å². The Morgan fingerprint density at radius 1 is 1.12 bits per heavy atom. The molecule has 16 heavy (non-hydrogen) atoms. The third kappa shape index (κ3) is 3.07. The summed E-state index contributed by atoms with van der Waals surface area (Å²) in [5, 5.41) is 12.6. The molecule has 1 aliphatic rings. The van der Waals surface area contributed by atoms with Crippen LogP contribution in [0.5, 0.6) is 0 Å². The average Bonchev–Trinajstić information content (AvgIpc) is 2.31. The van der Waals surface area contributed by atoms with E-state index in [4.69, 9.17) is 0 Å². The maximum Gasteiger partial charge on any atom is 1.00 e. The van der Waals surface area contributed by atoms with E-state index in [9.17, 15) is 5.26 Å². The van der Waals surface area contributed by atoms with Gasteiger partial charge in [-0.05, 0) is 31.5 Å². The number of nitriles is 1. The summed E-state index contributed by atoms with van der Waals surface area (Å²) in [5.41, 5.74) is 0.927. The predicted octanol–water partition coefficient (Wildman–Crippen LogP) is -1.34. The Bertz CT molecular complexity index is 342. The van der Waals surface area contributed by atoms with E-state index < -0.39 is 0 Å². The first-order valence-corrected chi connectivity index (χ1v) is 5.05. The normalized spacial score (nSPS) is 17.4. The Morgan fingerprint density at radius 2 is 1.69 bits per heavy atom. The van der Waals surface area contributed by atoms with Crippen LogP contribution in [-0.2, 0) is 5.41 Å². The summed E-state index contributed by atoms with van der Waals surface area (Å²) in [4.78, 5) is 0. The molecule has 0 bridgehead atoms. The number of piperidine rings is 1. The van der Waals surface area contributed by atoms with Crippen LogP contribution in [0.1, 0.15) is 18.4 Å². The van der Waals surface area contributed by atoms with Crippen LogP contribution in [0.2, 0.25) is 0 Å². The predicted molar refractivity (Wildman–Crippen MR) is 57.8 cm³/mol. The van der Waals surface area contributed by atoms with Crippen molar-refractivity contribution in [1.82, 2.24) is 5.32 Å². The van der Waals surface area contributed by atoms with Crippen LogP contribution in [0.25, 0.3) is 0 Å². The van der Waals surface area contributed by atoms with Gasteiger partial charge in [0.2, 0.25) is 0 Å². The fraction of sp³-hybridized carbons (Fsp3) is 0.417. The Labute approximate surface area is 118 Å². The molecule has 0 saturated carbocycles. The zero-order valence-electron chi connectivity index (χ0n) is 9.61. The molecule has 0 aliphatic carbocycles. The van der Waals surface area contributed by atoms with E-state index in [1.807, 2.05) is 18.2 Å². The van der Waals surface area contributed by atoms with E-state index in [0.29, 0.717) is 0 Å². The third-order valence-corrected chi connectivity index (χ3v) is 3.00. The van der Waals surface area contributed by atoms with E-state index in [1.165, 1.54) is 5.56 Å². The van der Waals surface area contributed by atoms with Crippen molar-refractivity contribution in [2.45, 2.75) is 18.3 Å². The number of nitrogens with zero attached hydrogens (tertiary/aromatic N) is 1. The molecule has 0 amide bonds. The molecule has 0 aromatic heterocycles. The molecule has 1 aromatic carbocycles. The van der Waals surface area contributed by atoms with Gasteiger partial charge >= 0.3 is 29.6 Å². The topological polar surface area (TPSA) is 65.8 Å². The largest absolute Gasteiger partial charge is 1.00 e. The van der Waals surface area contributed by atoms with Crippen LogP contribution < -0.4 is 34.9 Å². The fourth-order valence-corrected chi connectivity index (χ4v) is 2.08. The van der Waals surface area contributed by atoms with Gasteiger partial charge in [0.1, 0.15) is 0 Å². The van der Waals surface area contributed by atoms with Crippen molar-refractivity contribution in [2.24, 2.45) is 0 Å². The smallest absolute Gasteiger partial charge is 0.870 e. The molecule has 1 saturated heterocycles. The molecule has 3 nitrogen and oxygen atoms in total. The summed E-state index contributed by atoms with van der Waals surface area (Å²) in [6, 6.07) is 12.6. The maximum atomic E-state index is 9.32. The van der Waals surface area contributed by atoms with Gasteiger partial charge < -0.3 is 10.8 Å². The van der Waals surface area contributed by atoms with Gasteiger partial charge in [0.25, 0.3) is 0 Å². The van der Waals surface area contributed by atoms with Gasteiger partial charge in [-0.25, -0.2) is 0 Å². The Morgan fingerprint density at radius 3 is 2.19 bits per heavy atom. The van der Waals surface area contributed by atoms with Gasteiger partial charge in [-0.2, -0.15) is 5.26 Å². The van der Waals surface area contributed by atoms with Crippen molar-refractivity contribution in [1.29, 1.82) is 5.26 Å². The monoisotopic (exact) mass is 226 g/mol. The van der Waals surface area contributed by atoms with Crippen molar-refractivity contribution in [3.8, 4) is 6.07 Å². The van der Waals surface area contributed by atoms with Crippen molar-refractivity contribution >= 4 is 0 Å². The number of nitrogens with one attached hydrogen (secondary N) is 1. The molecule has 1 aliphatic heterocycles. The Balaban J connectivity index is 0.00000112. The molecule has 0 unspecified atom stereocenters. The van der Waals surface area contributed by atoms with Gasteiger partial charge in [0.05, 0.1) is 11.5 Å². The van der Waals surface area contributed by atoms with Crippen LogP contribution in [0, 0.1) is 11.3 Å². The first-order chi connectivity index (χ1) is 6.87. The van der Waals surface area contributed by atoms with E-state index in [-0.39, 0.29) is 40.4 Å². The molecule has 0 spiro atoms. The maximum absolute atomic E-state index is 9.32. The van der Waals surface area contributed by atoms with Crippen molar-refractivity contribution in [2.75, 3.05) is 13.1 Å². The number of hydrogen-bond acceptors (Lipinski definition) is 3. The molecular weight excluding hydrogens is 211 g/mol. The zero-order valence-corrected chi connectivity index (χ0v) is 11.6. The summed E-state index contributed by atoms with van der Waals surface area (Å²) in [6.07, 6.45) is 1.85. The molecule has 1 aromatic rings. The van der Waals surface area contributed by atoms with Crippen LogP contribution in [-0.4, -0.2) is 18.6 Å². The Hall–Kier alpha value is -0.370. The second-order valence-electron chi connectivity index (χ2n) is 3.81. The molecule has 0 atom stereocenters. The molecule has 2 N–H and O–H groups in total. The van der Waals surface area contributed by atoms with Crippen molar-refractivity contribution in [3.63, 3.8) is 0 Å². The van der Waals surface area contributed by atoms with Crippen LogP contribution in [0.4, 0.5) is 0 Å². The standard InChI is InChI=1S/C12H14N2.Na.H2O/c13-10-12(6-8-14-9-7-12)11-4-2-1-3-5-11;;/h1-5,14H,6-9H2;;1H2/q;+1;/p-1. The van der Waals surface area contributed by atoms with Crippen molar-refractivity contribution < 1.29 is 35.0 Å². The molecule has 4 heteroatoms. The summed E-state index contributed by atoms with van der Waals surface area (Å²) in [6.45, 7) is 1.89. The summed E-state index contributed by atoms with van der Waals surface area (Å²) >= 11 is 0. The van der Waals surface area contributed by atoms with Crippen LogP contribution in [0.15, 0.2) is 30.3 Å². The second kappa shape index (κ2) is 7.05. The zero-order chi connectivity index (χ0) is 9.86. The van der Waals surface area contributed by atoms with Gasteiger partial charge in [0, 0.05) is 0 Å². The number of hydrogen-bond donors (Lipinski definition) is 1. The quantitative estimate of drug-likeness (QED) is 0.603. The summed E-state index contributed by atoms with van der Waals surface area (Å²) < 4.78 is 0. The van der Waals surface area contributed by atoms with Crippen molar-refractivity contribution in [3.05, 3.63) is 35.9 Å². The first-order valence-electron chi connectivity index (χ1n) is 5.05. The van der Waals surface area contributed by atoms with Crippen LogP contribution in [0.3, 0.4) is 0 Å². The minimum absolute atomic E-state index is 0. The average molecular weight is 226 g/mol. The second-order valence-corrected chi connectivity index (χ2v) is 3.81. The van der Waals surface area contributed by atoms with Gasteiger partial charge in [-0.3, -0.25) is 0 Å². The molecule has 0 radical (unpaired) electrons. The van der Waals surface area contributed by atoms with Gasteiger partial charge in [0.15, 0.2) is 0 Å². The minimum atomic E-state index is -0.244. The number of benzene rings is 1. The SMILES string of the molecule is N#CC1(c2ccccc2)CCNCC1.[Na+].[OH-]. The first kappa shape index (κ1) is 15.6. The van der Waals surface area contributed by atoms with Crippen LogP contribution >= 0.6 is 0 Å².